The van der Waals surface area contributed by atoms with Crippen molar-refractivity contribution in [2.45, 2.75) is 5.38 Å². The van der Waals surface area contributed by atoms with Crippen molar-refractivity contribution in [1.82, 2.24) is 0 Å². The largest absolute Gasteiger partial charge is 0.412 e. The van der Waals surface area contributed by atoms with Gasteiger partial charge in [-0.05, 0) is 0 Å². The molecule has 0 aliphatic heterocycles. The first-order chi connectivity index (χ1) is 2.81. The minimum atomic E-state index is -0.954. The predicted octanol–water partition coefficient (Wildman–Crippen LogP) is -2.86. The molecule has 1 radical (unpaired) electrons. The second-order valence-corrected chi connectivity index (χ2v) is 1.22. The summed E-state index contributed by atoms with van der Waals surface area (Å²) in [5.41, 5.74) is 0. The van der Waals surface area contributed by atoms with Crippen LogP contribution in [0.25, 0.3) is 0 Å². The Morgan fingerprint density at radius 3 is 1.20 bits per heavy atom. The van der Waals surface area contributed by atoms with Crippen molar-refractivity contribution in [3.05, 3.63) is 0 Å². The van der Waals surface area contributed by atoms with Gasteiger partial charge in [0.1, 0.15) is 17.9 Å². The van der Waals surface area contributed by atoms with Gasteiger partial charge in [-0.3, -0.25) is 0 Å². The zero-order valence-corrected chi connectivity index (χ0v) is 8.18. The number of alkyl halides is 1. The molecule has 6 N–H and O–H groups in total. The number of carbonyl (C=O) groups excluding carboxylic acids is 2. The van der Waals surface area contributed by atoms with E-state index < -0.39 is 5.38 Å². The third-order valence-corrected chi connectivity index (χ3v) is 0.466. The van der Waals surface area contributed by atoms with E-state index in [4.69, 9.17) is 11.6 Å². The van der Waals surface area contributed by atoms with E-state index in [0.717, 1.165) is 0 Å². The van der Waals surface area contributed by atoms with E-state index in [-0.39, 0.29) is 46.0 Å². The van der Waals surface area contributed by atoms with Crippen molar-refractivity contribution in [3.8, 4) is 0 Å². The second-order valence-electron chi connectivity index (χ2n) is 0.717. The molecule has 0 amide bonds. The molecule has 0 aromatic heterocycles. The molecule has 0 bridgehead atoms. The summed E-state index contributed by atoms with van der Waals surface area (Å²) in [7, 11) is 0. The first-order valence-electron chi connectivity index (χ1n) is 1.36. The summed E-state index contributed by atoms with van der Waals surface area (Å²) in [6.07, 6.45) is 0.739. The molecule has 0 aliphatic rings. The quantitative estimate of drug-likeness (QED) is 0.197. The molecule has 0 aliphatic carbocycles. The molecule has 7 heteroatoms. The van der Waals surface area contributed by atoms with E-state index >= 15 is 0 Å². The first-order valence-corrected chi connectivity index (χ1v) is 1.79. The molecule has 0 aromatic carbocycles. The van der Waals surface area contributed by atoms with Crippen molar-refractivity contribution < 1.29 is 26.0 Å². The Balaban J connectivity index is -0.0000000208. The molecule has 0 atom stereocenters. The number of aldehydes is 2. The van der Waals surface area contributed by atoms with Crippen LogP contribution in [0.15, 0.2) is 0 Å². The summed E-state index contributed by atoms with van der Waals surface area (Å²) in [6, 6.07) is 0. The molecule has 10 heavy (non-hydrogen) atoms. The molecule has 0 unspecified atom stereocenters. The molecule has 0 fully saturated rings. The van der Waals surface area contributed by atoms with E-state index in [1.807, 2.05) is 0 Å². The van der Waals surface area contributed by atoms with E-state index in [0.29, 0.717) is 12.6 Å². The van der Waals surface area contributed by atoms with Gasteiger partial charge in [0, 0.05) is 29.6 Å². The van der Waals surface area contributed by atoms with E-state index in [9.17, 15) is 9.59 Å². The third kappa shape index (κ3) is 23.6. The van der Waals surface area contributed by atoms with Gasteiger partial charge >= 0.3 is 0 Å². The molecule has 0 spiro atoms. The van der Waals surface area contributed by atoms with Gasteiger partial charge in [0.05, 0.1) is 0 Å². The van der Waals surface area contributed by atoms with Crippen molar-refractivity contribution in [3.63, 3.8) is 0 Å². The van der Waals surface area contributed by atoms with E-state index in [1.54, 1.807) is 0 Å². The Labute approximate surface area is 85.0 Å². The van der Waals surface area contributed by atoms with Crippen LogP contribution < -0.4 is 0 Å². The van der Waals surface area contributed by atoms with Crippen molar-refractivity contribution in [2.24, 2.45) is 0 Å². The Hall–Kier alpha value is 0.510. The number of rotatable bonds is 2. The SMILES string of the molecule is O.O.O.O=CC(Cl)C=O.[Na]. The molecule has 0 heterocycles. The molecule has 5 nitrogen and oxygen atoms in total. The molecular weight excluding hydrogens is 174 g/mol. The Bertz CT molecular complexity index is 61.9. The van der Waals surface area contributed by atoms with Gasteiger partial charge in [-0.15, -0.1) is 11.6 Å². The summed E-state index contributed by atoms with van der Waals surface area (Å²) < 4.78 is 0. The number of carbonyl (C=O) groups is 2. The van der Waals surface area contributed by atoms with Crippen LogP contribution >= 0.6 is 11.6 Å². The second kappa shape index (κ2) is 22.7. The van der Waals surface area contributed by atoms with Gasteiger partial charge in [0.15, 0.2) is 0 Å². The van der Waals surface area contributed by atoms with Crippen LogP contribution in [0.5, 0.6) is 0 Å². The molecular formula is C3H9ClNaO5. The van der Waals surface area contributed by atoms with Gasteiger partial charge in [-0.1, -0.05) is 0 Å². The minimum Gasteiger partial charge on any atom is -0.412 e. The number of halogens is 1. The molecule has 0 saturated carbocycles. The number of hydrogen-bond donors (Lipinski definition) is 0. The summed E-state index contributed by atoms with van der Waals surface area (Å²) >= 11 is 4.91. The van der Waals surface area contributed by atoms with Gasteiger partial charge in [-0.2, -0.15) is 0 Å². The summed E-state index contributed by atoms with van der Waals surface area (Å²) in [5.74, 6) is 0. The summed E-state index contributed by atoms with van der Waals surface area (Å²) in [6.45, 7) is 0. The molecule has 0 saturated heterocycles. The fourth-order valence-electron chi connectivity index (χ4n) is 0.0321. The van der Waals surface area contributed by atoms with E-state index in [2.05, 4.69) is 0 Å². The zero-order valence-electron chi connectivity index (χ0n) is 5.43. The third-order valence-electron chi connectivity index (χ3n) is 0.260. The Kier molecular flexibility index (Phi) is 71.0. The average Bonchev–Trinajstić information content (AvgIpc) is 1.65. The van der Waals surface area contributed by atoms with Crippen LogP contribution in [0.2, 0.25) is 0 Å². The smallest absolute Gasteiger partial charge is 0.145 e. The monoisotopic (exact) mass is 183 g/mol. The van der Waals surface area contributed by atoms with Crippen molar-refractivity contribution in [1.29, 1.82) is 0 Å². The maximum Gasteiger partial charge on any atom is 0.145 e. The Morgan fingerprint density at radius 1 is 1.00 bits per heavy atom. The Morgan fingerprint density at radius 2 is 1.20 bits per heavy atom. The topological polar surface area (TPSA) is 129 Å². The first kappa shape index (κ1) is 31.3. The number of hydrogen-bond acceptors (Lipinski definition) is 2. The maximum atomic E-state index is 9.37. The minimum absolute atomic E-state index is 0. The van der Waals surface area contributed by atoms with Crippen LogP contribution in [-0.2, 0) is 9.59 Å². The summed E-state index contributed by atoms with van der Waals surface area (Å²) in [5, 5.41) is -0.954. The normalized spacial score (nSPS) is 5.00. The van der Waals surface area contributed by atoms with Gasteiger partial charge < -0.3 is 26.0 Å². The maximum absolute atomic E-state index is 9.37. The van der Waals surface area contributed by atoms with Crippen LogP contribution in [0, 0.1) is 0 Å². The average molecular weight is 184 g/mol. The molecule has 0 aromatic rings. The van der Waals surface area contributed by atoms with Gasteiger partial charge in [-0.25, -0.2) is 0 Å². The van der Waals surface area contributed by atoms with Crippen LogP contribution in [0.1, 0.15) is 0 Å². The van der Waals surface area contributed by atoms with Gasteiger partial charge in [0.25, 0.3) is 0 Å². The molecule has 59 valence electrons. The predicted molar refractivity (Wildman–Crippen MR) is 38.4 cm³/mol. The van der Waals surface area contributed by atoms with E-state index in [1.165, 1.54) is 0 Å². The fourth-order valence-corrected chi connectivity index (χ4v) is 0.0321. The van der Waals surface area contributed by atoms with Crippen LogP contribution in [-0.4, -0.2) is 63.9 Å². The fraction of sp³-hybridized carbons (Fsp3) is 0.333. The summed E-state index contributed by atoms with van der Waals surface area (Å²) in [4.78, 5) is 18.7. The van der Waals surface area contributed by atoms with Crippen LogP contribution in [0.3, 0.4) is 0 Å². The van der Waals surface area contributed by atoms with Gasteiger partial charge in [0.2, 0.25) is 0 Å². The van der Waals surface area contributed by atoms with Crippen molar-refractivity contribution >= 4 is 53.7 Å². The standard InChI is InChI=1S/C3H3ClO2.Na.3H2O/c4-3(1-5)2-6;;;;/h1-3H;;3*1H2. The van der Waals surface area contributed by atoms with Crippen LogP contribution in [0.4, 0.5) is 0 Å². The molecule has 0 rings (SSSR count). The zero-order chi connectivity index (χ0) is 4.99. The van der Waals surface area contributed by atoms with Crippen molar-refractivity contribution in [2.75, 3.05) is 0 Å².